The number of hydrogen-bond donors (Lipinski definition) is 1. The first-order chi connectivity index (χ1) is 5.15. The van der Waals surface area contributed by atoms with E-state index in [0.29, 0.717) is 24.4 Å². The van der Waals surface area contributed by atoms with E-state index in [-0.39, 0.29) is 0 Å². The summed E-state index contributed by atoms with van der Waals surface area (Å²) in [5, 5.41) is 9.09. The van der Waals surface area contributed by atoms with Crippen LogP contribution in [0.3, 0.4) is 0 Å². The highest BCUT2D eigenvalue weighted by Gasteiger charge is 2.25. The second kappa shape index (κ2) is 3.40. The molecular weight excluding hydrogens is 136 g/mol. The number of hydrogen-bond acceptors (Lipinski definition) is 1. The zero-order valence-corrected chi connectivity index (χ0v) is 7.67. The molecule has 0 amide bonds. The Morgan fingerprint density at radius 3 is 2.64 bits per heavy atom. The summed E-state index contributed by atoms with van der Waals surface area (Å²) in [6.45, 7) is 6.95. The van der Waals surface area contributed by atoms with E-state index in [1.54, 1.807) is 0 Å². The number of allylic oxidation sites excluding steroid dienone is 2. The molecule has 0 aliphatic heterocycles. The van der Waals surface area contributed by atoms with Crippen LogP contribution in [0.15, 0.2) is 11.6 Å². The molecule has 1 aliphatic carbocycles. The second-order valence-electron chi connectivity index (χ2n) is 3.90. The topological polar surface area (TPSA) is 20.2 Å². The van der Waals surface area contributed by atoms with E-state index in [0.717, 1.165) is 6.42 Å². The molecule has 0 aromatic rings. The van der Waals surface area contributed by atoms with Crippen molar-refractivity contribution in [3.63, 3.8) is 0 Å². The van der Waals surface area contributed by atoms with E-state index in [1.807, 2.05) is 0 Å². The van der Waals surface area contributed by atoms with Crippen LogP contribution in [0.2, 0.25) is 0 Å². The second-order valence-corrected chi connectivity index (χ2v) is 3.90. The summed E-state index contributed by atoms with van der Waals surface area (Å²) in [7, 11) is 0. The van der Waals surface area contributed by atoms with Crippen molar-refractivity contribution < 1.29 is 5.11 Å². The lowest BCUT2D eigenvalue weighted by atomic mass is 9.75. The predicted molar refractivity (Wildman–Crippen MR) is 47.3 cm³/mol. The average Bonchev–Trinajstić information content (AvgIpc) is 1.85. The fraction of sp³-hybridized carbons (Fsp3) is 0.800. The summed E-state index contributed by atoms with van der Waals surface area (Å²) in [6.07, 6.45) is 3.45. The van der Waals surface area contributed by atoms with Gasteiger partial charge in [0.15, 0.2) is 0 Å². The van der Waals surface area contributed by atoms with E-state index in [9.17, 15) is 0 Å². The molecule has 0 fully saturated rings. The van der Waals surface area contributed by atoms with Gasteiger partial charge in [-0.25, -0.2) is 0 Å². The molecular formula is C10H18O. The molecule has 0 saturated carbocycles. The number of aliphatic hydroxyl groups excluding tert-OH is 1. The molecule has 0 bridgehead atoms. The highest BCUT2D eigenvalue weighted by Crippen LogP contribution is 2.32. The fourth-order valence-electron chi connectivity index (χ4n) is 2.16. The van der Waals surface area contributed by atoms with Crippen LogP contribution in [-0.2, 0) is 0 Å². The Kier molecular flexibility index (Phi) is 2.72. The third-order valence-electron chi connectivity index (χ3n) is 2.81. The van der Waals surface area contributed by atoms with Crippen LogP contribution in [0.4, 0.5) is 0 Å². The first kappa shape index (κ1) is 8.79. The predicted octanol–water partition coefficient (Wildman–Crippen LogP) is 2.22. The summed E-state index contributed by atoms with van der Waals surface area (Å²) in [4.78, 5) is 0. The molecule has 0 saturated heterocycles. The Bertz CT molecular complexity index is 160. The van der Waals surface area contributed by atoms with Crippen molar-refractivity contribution >= 4 is 0 Å². The Labute approximate surface area is 69.1 Å². The van der Waals surface area contributed by atoms with Gasteiger partial charge in [-0.1, -0.05) is 25.5 Å². The van der Waals surface area contributed by atoms with Gasteiger partial charge in [-0.2, -0.15) is 0 Å². The van der Waals surface area contributed by atoms with E-state index in [4.69, 9.17) is 5.11 Å². The molecule has 0 radical (unpaired) electrons. The van der Waals surface area contributed by atoms with Gasteiger partial charge in [0.1, 0.15) is 0 Å². The molecule has 0 aromatic heterocycles. The van der Waals surface area contributed by atoms with Crippen LogP contribution in [0.25, 0.3) is 0 Å². The van der Waals surface area contributed by atoms with Crippen LogP contribution < -0.4 is 0 Å². The summed E-state index contributed by atoms with van der Waals surface area (Å²) < 4.78 is 0. The molecule has 1 nitrogen and oxygen atoms in total. The van der Waals surface area contributed by atoms with Gasteiger partial charge in [-0.05, 0) is 31.1 Å². The molecule has 11 heavy (non-hydrogen) atoms. The Hall–Kier alpha value is -0.300. The van der Waals surface area contributed by atoms with Crippen LogP contribution in [0, 0.1) is 17.8 Å². The Balaban J connectivity index is 2.69. The molecule has 1 aliphatic rings. The maximum Gasteiger partial charge on any atom is 0.0467 e. The largest absolute Gasteiger partial charge is 0.396 e. The molecule has 3 atom stereocenters. The fourth-order valence-corrected chi connectivity index (χ4v) is 2.16. The average molecular weight is 154 g/mol. The van der Waals surface area contributed by atoms with Gasteiger partial charge in [0, 0.05) is 6.61 Å². The lowest BCUT2D eigenvalue weighted by Gasteiger charge is -2.31. The first-order valence-electron chi connectivity index (χ1n) is 4.43. The Morgan fingerprint density at radius 2 is 2.18 bits per heavy atom. The van der Waals surface area contributed by atoms with Crippen molar-refractivity contribution in [2.75, 3.05) is 6.61 Å². The lowest BCUT2D eigenvalue weighted by Crippen LogP contribution is -2.26. The van der Waals surface area contributed by atoms with Crippen LogP contribution in [0.5, 0.6) is 0 Å². The molecule has 0 spiro atoms. The van der Waals surface area contributed by atoms with Crippen LogP contribution in [0.1, 0.15) is 27.2 Å². The Morgan fingerprint density at radius 1 is 1.55 bits per heavy atom. The van der Waals surface area contributed by atoms with E-state index in [2.05, 4.69) is 26.8 Å². The monoisotopic (exact) mass is 154 g/mol. The van der Waals surface area contributed by atoms with Crippen LogP contribution in [-0.4, -0.2) is 11.7 Å². The molecule has 0 unspecified atom stereocenters. The summed E-state index contributed by atoms with van der Waals surface area (Å²) in [6, 6.07) is 0. The van der Waals surface area contributed by atoms with Crippen molar-refractivity contribution in [2.45, 2.75) is 27.2 Å². The molecule has 1 rings (SSSR count). The molecule has 64 valence electrons. The minimum atomic E-state index is 0.339. The first-order valence-corrected chi connectivity index (χ1v) is 4.43. The lowest BCUT2D eigenvalue weighted by molar-refractivity contribution is 0.144. The molecule has 0 heterocycles. The van der Waals surface area contributed by atoms with E-state index >= 15 is 0 Å². The van der Waals surface area contributed by atoms with Crippen molar-refractivity contribution in [2.24, 2.45) is 17.8 Å². The van der Waals surface area contributed by atoms with Gasteiger partial charge in [0.2, 0.25) is 0 Å². The van der Waals surface area contributed by atoms with Gasteiger partial charge in [0.05, 0.1) is 0 Å². The molecule has 1 N–H and O–H groups in total. The quantitative estimate of drug-likeness (QED) is 0.574. The number of aliphatic hydroxyl groups is 1. The third kappa shape index (κ3) is 1.84. The smallest absolute Gasteiger partial charge is 0.0467 e. The van der Waals surface area contributed by atoms with Gasteiger partial charge in [0.25, 0.3) is 0 Å². The van der Waals surface area contributed by atoms with Gasteiger partial charge in [-0.15, -0.1) is 0 Å². The van der Waals surface area contributed by atoms with E-state index in [1.165, 1.54) is 5.57 Å². The summed E-state index contributed by atoms with van der Waals surface area (Å²) in [5.74, 6) is 1.70. The normalized spacial score (nSPS) is 38.5. The maximum absolute atomic E-state index is 9.09. The zero-order valence-electron chi connectivity index (χ0n) is 7.67. The van der Waals surface area contributed by atoms with Crippen molar-refractivity contribution in [1.82, 2.24) is 0 Å². The summed E-state index contributed by atoms with van der Waals surface area (Å²) >= 11 is 0. The van der Waals surface area contributed by atoms with Crippen molar-refractivity contribution in [3.8, 4) is 0 Å². The van der Waals surface area contributed by atoms with Crippen LogP contribution >= 0.6 is 0 Å². The van der Waals surface area contributed by atoms with Gasteiger partial charge < -0.3 is 5.11 Å². The van der Waals surface area contributed by atoms with Gasteiger partial charge in [-0.3, -0.25) is 0 Å². The van der Waals surface area contributed by atoms with Crippen molar-refractivity contribution in [1.29, 1.82) is 0 Å². The van der Waals surface area contributed by atoms with E-state index < -0.39 is 0 Å². The minimum Gasteiger partial charge on any atom is -0.396 e. The highest BCUT2D eigenvalue weighted by atomic mass is 16.3. The molecule has 1 heteroatoms. The SMILES string of the molecule is CC1=C[C@H](C)[C@H](CO)[C@@H](C)C1. The standard InChI is InChI=1S/C10H18O/c1-7-4-8(2)10(6-11)9(3)5-7/h4,8-11H,5-6H2,1-3H3/t8-,9-,10-/m0/s1. The maximum atomic E-state index is 9.09. The van der Waals surface area contributed by atoms with Gasteiger partial charge >= 0.3 is 0 Å². The third-order valence-corrected chi connectivity index (χ3v) is 2.81. The molecule has 0 aromatic carbocycles. The van der Waals surface area contributed by atoms with Crippen molar-refractivity contribution in [3.05, 3.63) is 11.6 Å². The minimum absolute atomic E-state index is 0.339. The number of rotatable bonds is 1. The summed E-state index contributed by atoms with van der Waals surface area (Å²) in [5.41, 5.74) is 1.48. The zero-order chi connectivity index (χ0) is 8.43. The highest BCUT2D eigenvalue weighted by molar-refractivity contribution is 5.07.